The Bertz CT molecular complexity index is 564. The molecule has 0 aromatic heterocycles. The molecule has 0 unspecified atom stereocenters. The Morgan fingerprint density at radius 3 is 1.58 bits per heavy atom. The maximum atomic E-state index is 2.32. The molecule has 2 aromatic rings. The van der Waals surface area contributed by atoms with Crippen LogP contribution in [0.4, 0.5) is 0 Å². The van der Waals surface area contributed by atoms with Crippen LogP contribution < -0.4 is 0 Å². The third-order valence-corrected chi connectivity index (χ3v) is 4.23. The first-order valence-electron chi connectivity index (χ1n) is 7.82. The number of aryl methyl sites for hydroxylation is 2. The normalized spacial score (nSPS) is 11.2. The molecule has 0 radical (unpaired) electrons. The molecule has 19 heavy (non-hydrogen) atoms. The number of hydrogen-bond donors (Lipinski definition) is 0. The lowest BCUT2D eigenvalue weighted by atomic mass is 9.84. The van der Waals surface area contributed by atoms with Crippen LogP contribution in [0.3, 0.4) is 0 Å². The van der Waals surface area contributed by atoms with Gasteiger partial charge in [0.15, 0.2) is 0 Å². The van der Waals surface area contributed by atoms with E-state index >= 15 is 0 Å². The van der Waals surface area contributed by atoms with Gasteiger partial charge in [-0.2, -0.15) is 0 Å². The molecule has 0 spiro atoms. The van der Waals surface area contributed by atoms with E-state index in [0.717, 1.165) is 19.3 Å². The van der Waals surface area contributed by atoms with Crippen molar-refractivity contribution in [2.45, 2.75) is 59.8 Å². The minimum Gasteiger partial charge on any atom is -0.0651 e. The number of fused-ring (bicyclic) bond motifs is 1. The van der Waals surface area contributed by atoms with Crippen molar-refractivity contribution in [3.63, 3.8) is 0 Å². The molecule has 0 fully saturated rings. The van der Waals surface area contributed by atoms with E-state index < -0.39 is 0 Å². The Balaban J connectivity index is 2.88. The number of hydrogen-bond acceptors (Lipinski definition) is 0. The van der Waals surface area contributed by atoms with Crippen LogP contribution in [0.5, 0.6) is 0 Å². The second kappa shape index (κ2) is 6.23. The van der Waals surface area contributed by atoms with Crippen LogP contribution in [0.2, 0.25) is 0 Å². The third-order valence-electron chi connectivity index (χ3n) is 4.23. The number of benzene rings is 2. The van der Waals surface area contributed by atoms with Gasteiger partial charge in [-0.25, -0.2) is 0 Å². The Morgan fingerprint density at radius 2 is 1.11 bits per heavy atom. The summed E-state index contributed by atoms with van der Waals surface area (Å²) in [6, 6.07) is 9.00. The van der Waals surface area contributed by atoms with E-state index in [9.17, 15) is 0 Å². The van der Waals surface area contributed by atoms with Crippen molar-refractivity contribution in [1.82, 2.24) is 0 Å². The van der Waals surface area contributed by atoms with Gasteiger partial charge >= 0.3 is 0 Å². The van der Waals surface area contributed by atoms with Crippen LogP contribution in [-0.4, -0.2) is 0 Å². The Kier molecular flexibility index (Phi) is 4.63. The van der Waals surface area contributed by atoms with Crippen molar-refractivity contribution >= 4 is 10.8 Å². The lowest BCUT2D eigenvalue weighted by Crippen LogP contribution is -2.05. The second-order valence-corrected chi connectivity index (χ2v) is 5.27. The SMILES string of the molecule is CCCc1c(CC)c(CC)c(CC)c2ccccc12. The Morgan fingerprint density at radius 1 is 0.632 bits per heavy atom. The summed E-state index contributed by atoms with van der Waals surface area (Å²) in [6.45, 7) is 9.19. The lowest BCUT2D eigenvalue weighted by Gasteiger charge is -2.20. The number of rotatable bonds is 5. The van der Waals surface area contributed by atoms with Crippen LogP contribution in [0.15, 0.2) is 24.3 Å². The molecular weight excluding hydrogens is 228 g/mol. The summed E-state index contributed by atoms with van der Waals surface area (Å²) in [7, 11) is 0. The zero-order valence-electron chi connectivity index (χ0n) is 12.8. The molecule has 0 saturated heterocycles. The van der Waals surface area contributed by atoms with E-state index in [1.54, 1.807) is 22.3 Å². The average molecular weight is 254 g/mol. The summed E-state index contributed by atoms with van der Waals surface area (Å²) >= 11 is 0. The zero-order valence-corrected chi connectivity index (χ0v) is 12.8. The van der Waals surface area contributed by atoms with Crippen molar-refractivity contribution in [2.75, 3.05) is 0 Å². The van der Waals surface area contributed by atoms with E-state index in [-0.39, 0.29) is 0 Å². The fraction of sp³-hybridized carbons (Fsp3) is 0.474. The predicted octanol–water partition coefficient (Wildman–Crippen LogP) is 5.48. The molecule has 0 heterocycles. The Labute approximate surface area is 117 Å². The molecule has 0 aliphatic rings. The van der Waals surface area contributed by atoms with Gasteiger partial charge in [0.25, 0.3) is 0 Å². The molecule has 0 aliphatic heterocycles. The van der Waals surface area contributed by atoms with E-state index in [1.807, 2.05) is 0 Å². The van der Waals surface area contributed by atoms with Crippen molar-refractivity contribution in [3.8, 4) is 0 Å². The quantitative estimate of drug-likeness (QED) is 0.663. The van der Waals surface area contributed by atoms with Gasteiger partial charge in [-0.15, -0.1) is 0 Å². The summed E-state index contributed by atoms with van der Waals surface area (Å²) in [5, 5.41) is 2.98. The summed E-state index contributed by atoms with van der Waals surface area (Å²) < 4.78 is 0. The minimum absolute atomic E-state index is 1.14. The van der Waals surface area contributed by atoms with Crippen molar-refractivity contribution in [2.24, 2.45) is 0 Å². The van der Waals surface area contributed by atoms with E-state index in [4.69, 9.17) is 0 Å². The van der Waals surface area contributed by atoms with Gasteiger partial charge in [-0.3, -0.25) is 0 Å². The van der Waals surface area contributed by atoms with Crippen LogP contribution in [0.1, 0.15) is 56.4 Å². The topological polar surface area (TPSA) is 0 Å². The van der Waals surface area contributed by atoms with Crippen LogP contribution in [-0.2, 0) is 25.7 Å². The van der Waals surface area contributed by atoms with Gasteiger partial charge in [-0.05, 0) is 58.7 Å². The van der Waals surface area contributed by atoms with Crippen LogP contribution >= 0.6 is 0 Å². The van der Waals surface area contributed by atoms with Gasteiger partial charge in [0.1, 0.15) is 0 Å². The molecule has 0 amide bonds. The maximum Gasteiger partial charge on any atom is -0.0146 e. The van der Waals surface area contributed by atoms with Crippen LogP contribution in [0.25, 0.3) is 10.8 Å². The molecule has 0 bridgehead atoms. The zero-order chi connectivity index (χ0) is 13.8. The summed E-state index contributed by atoms with van der Waals surface area (Å²) in [4.78, 5) is 0. The van der Waals surface area contributed by atoms with Crippen LogP contribution in [0, 0.1) is 0 Å². The smallest absolute Gasteiger partial charge is 0.0146 e. The maximum absolute atomic E-state index is 2.32. The molecule has 0 aliphatic carbocycles. The van der Waals surface area contributed by atoms with Crippen molar-refractivity contribution in [1.29, 1.82) is 0 Å². The van der Waals surface area contributed by atoms with E-state index in [0.29, 0.717) is 0 Å². The van der Waals surface area contributed by atoms with E-state index in [1.165, 1.54) is 23.6 Å². The first-order valence-corrected chi connectivity index (χ1v) is 7.82. The van der Waals surface area contributed by atoms with Gasteiger partial charge in [-0.1, -0.05) is 58.4 Å². The molecule has 0 atom stereocenters. The summed E-state index contributed by atoms with van der Waals surface area (Å²) in [5.41, 5.74) is 6.43. The summed E-state index contributed by atoms with van der Waals surface area (Å²) in [6.07, 6.45) is 5.90. The first kappa shape index (κ1) is 14.1. The van der Waals surface area contributed by atoms with Gasteiger partial charge in [0.2, 0.25) is 0 Å². The molecule has 0 heteroatoms. The highest BCUT2D eigenvalue weighted by atomic mass is 14.2. The van der Waals surface area contributed by atoms with Gasteiger partial charge in [0, 0.05) is 0 Å². The molecule has 2 rings (SSSR count). The minimum atomic E-state index is 1.14. The molecule has 102 valence electrons. The van der Waals surface area contributed by atoms with Gasteiger partial charge < -0.3 is 0 Å². The fourth-order valence-corrected chi connectivity index (χ4v) is 3.49. The molecule has 0 saturated carbocycles. The highest BCUT2D eigenvalue weighted by Gasteiger charge is 2.15. The fourth-order valence-electron chi connectivity index (χ4n) is 3.49. The highest BCUT2D eigenvalue weighted by Crippen LogP contribution is 2.32. The van der Waals surface area contributed by atoms with E-state index in [2.05, 4.69) is 52.0 Å². The Hall–Kier alpha value is -1.30. The second-order valence-electron chi connectivity index (χ2n) is 5.27. The van der Waals surface area contributed by atoms with Crippen molar-refractivity contribution in [3.05, 3.63) is 46.5 Å². The highest BCUT2D eigenvalue weighted by molar-refractivity contribution is 5.91. The first-order chi connectivity index (χ1) is 9.28. The third kappa shape index (κ3) is 2.41. The predicted molar refractivity (Wildman–Crippen MR) is 86.1 cm³/mol. The average Bonchev–Trinajstić information content (AvgIpc) is 2.46. The largest absolute Gasteiger partial charge is 0.0651 e. The lowest BCUT2D eigenvalue weighted by molar-refractivity contribution is 0.889. The van der Waals surface area contributed by atoms with Gasteiger partial charge in [0.05, 0.1) is 0 Å². The summed E-state index contributed by atoms with van der Waals surface area (Å²) in [5.74, 6) is 0. The standard InChI is InChI=1S/C19H26/c1-5-11-17-15(7-3)14(6-2)16(8-4)18-12-9-10-13-19(17)18/h9-10,12-13H,5-8,11H2,1-4H3. The molecule has 0 nitrogen and oxygen atoms in total. The monoisotopic (exact) mass is 254 g/mol. The molecule has 2 aromatic carbocycles. The molecular formula is C19H26. The molecule has 0 N–H and O–H groups in total. The van der Waals surface area contributed by atoms with Crippen molar-refractivity contribution < 1.29 is 0 Å².